The first kappa shape index (κ1) is 25.6. The molecule has 0 amide bonds. The number of rotatable bonds is 14. The molecule has 1 saturated carbocycles. The molecule has 0 unspecified atom stereocenters. The second kappa shape index (κ2) is 15.2. The summed E-state index contributed by atoms with van der Waals surface area (Å²) in [6, 6.07) is 3.80. The number of unbranched alkanes of at least 4 members (excludes halogenated alkanes) is 3. The molecule has 0 radical (unpaired) electrons. The van der Waals surface area contributed by atoms with Crippen molar-refractivity contribution >= 4 is 17.3 Å². The highest BCUT2D eigenvalue weighted by Crippen LogP contribution is 2.37. The van der Waals surface area contributed by atoms with E-state index in [0.717, 1.165) is 44.9 Å². The third kappa shape index (κ3) is 9.55. The lowest BCUT2D eigenvalue weighted by Gasteiger charge is -2.18. The molecule has 3 atom stereocenters. The Morgan fingerprint density at radius 3 is 2.74 bits per heavy atom. The van der Waals surface area contributed by atoms with E-state index in [-0.39, 0.29) is 31.2 Å². The number of carbonyl (C=O) groups is 1. The first-order chi connectivity index (χ1) is 15.2. The number of aliphatic hydroxyl groups is 2. The number of thiophene rings is 1. The molecule has 0 aliphatic heterocycles. The molecule has 5 heteroatoms. The fourth-order valence-electron chi connectivity index (χ4n) is 4.14. The molecule has 31 heavy (non-hydrogen) atoms. The number of hydrogen-bond donors (Lipinski definition) is 2. The molecule has 1 aliphatic carbocycles. The average molecular weight is 447 g/mol. The van der Waals surface area contributed by atoms with Crippen LogP contribution < -0.4 is 0 Å². The van der Waals surface area contributed by atoms with Crippen LogP contribution in [0.1, 0.15) is 72.8 Å². The van der Waals surface area contributed by atoms with Crippen LogP contribution in [0, 0.1) is 11.8 Å². The zero-order valence-electron chi connectivity index (χ0n) is 18.7. The molecule has 1 aromatic rings. The van der Waals surface area contributed by atoms with Crippen LogP contribution in [0.2, 0.25) is 0 Å². The van der Waals surface area contributed by atoms with Gasteiger partial charge in [0, 0.05) is 10.8 Å². The minimum absolute atomic E-state index is 0.0403. The fourth-order valence-corrected chi connectivity index (χ4v) is 5.08. The number of esters is 1. The smallest absolute Gasteiger partial charge is 0.348 e. The van der Waals surface area contributed by atoms with E-state index in [2.05, 4.69) is 30.4 Å². The Hall–Kier alpha value is -1.69. The lowest BCUT2D eigenvalue weighted by atomic mass is 9.89. The monoisotopic (exact) mass is 446 g/mol. The van der Waals surface area contributed by atoms with Crippen LogP contribution in [0.3, 0.4) is 0 Å². The van der Waals surface area contributed by atoms with Gasteiger partial charge < -0.3 is 14.9 Å². The van der Waals surface area contributed by atoms with Crippen LogP contribution in [-0.4, -0.2) is 35.5 Å². The summed E-state index contributed by atoms with van der Waals surface area (Å²) in [5, 5.41) is 19.2. The highest BCUT2D eigenvalue weighted by molar-refractivity contribution is 7.13. The van der Waals surface area contributed by atoms with E-state index < -0.39 is 0 Å². The molecule has 0 saturated heterocycles. The normalized spacial score (nSPS) is 21.7. The van der Waals surface area contributed by atoms with Crippen LogP contribution in [0.4, 0.5) is 0 Å². The van der Waals surface area contributed by atoms with Crippen molar-refractivity contribution < 1.29 is 19.7 Å². The largest absolute Gasteiger partial charge is 0.459 e. The van der Waals surface area contributed by atoms with Gasteiger partial charge in [-0.3, -0.25) is 0 Å². The summed E-state index contributed by atoms with van der Waals surface area (Å²) in [4.78, 5) is 13.6. The molecule has 1 aliphatic rings. The van der Waals surface area contributed by atoms with Crippen molar-refractivity contribution in [2.24, 2.45) is 11.8 Å². The number of aryl methyl sites for hydroxylation is 1. The molecule has 1 aromatic heterocycles. The van der Waals surface area contributed by atoms with Gasteiger partial charge in [-0.15, -0.1) is 11.3 Å². The quantitative estimate of drug-likeness (QED) is 0.163. The van der Waals surface area contributed by atoms with E-state index in [4.69, 9.17) is 9.84 Å². The second-order valence-electron chi connectivity index (χ2n) is 8.17. The van der Waals surface area contributed by atoms with Gasteiger partial charge in [0.1, 0.15) is 11.5 Å². The third-order valence-electron chi connectivity index (χ3n) is 5.80. The predicted octanol–water partition coefficient (Wildman–Crippen LogP) is 5.86. The van der Waals surface area contributed by atoms with Gasteiger partial charge in [-0.2, -0.15) is 0 Å². The number of hydrogen-bond acceptors (Lipinski definition) is 5. The van der Waals surface area contributed by atoms with Crippen LogP contribution in [0.5, 0.6) is 0 Å². The highest BCUT2D eigenvalue weighted by Gasteiger charge is 2.32. The van der Waals surface area contributed by atoms with Gasteiger partial charge in [0.25, 0.3) is 0 Å². The van der Waals surface area contributed by atoms with Crippen molar-refractivity contribution in [3.63, 3.8) is 0 Å². The summed E-state index contributed by atoms with van der Waals surface area (Å²) in [6.45, 7) is 1.91. The highest BCUT2D eigenvalue weighted by atomic mass is 32.1. The molecule has 4 nitrogen and oxygen atoms in total. The fraction of sp³-hybridized carbons (Fsp3) is 0.577. The van der Waals surface area contributed by atoms with Crippen molar-refractivity contribution in [3.05, 3.63) is 58.3 Å². The molecule has 172 valence electrons. The molecule has 0 aromatic carbocycles. The standard InChI is InChI=1S/C26H38O4S/c1-2-3-4-5-6-7-8-9-10-14-23-21(15-17-24(23)28)12-11-13-22-16-18-25(31-22)26(29)30-20-19-27/h2-5,10,14,16,18,21,23-24,27-28H,6-9,11-13,15,17,19-20H2,1H3/b3-2-,5-4-,14-10+/t21-,23+,24+/m0/s1. The Kier molecular flexibility index (Phi) is 12.5. The first-order valence-corrected chi connectivity index (χ1v) is 12.5. The van der Waals surface area contributed by atoms with Gasteiger partial charge in [0.15, 0.2) is 0 Å². The maximum atomic E-state index is 11.8. The third-order valence-corrected chi connectivity index (χ3v) is 6.92. The lowest BCUT2D eigenvalue weighted by molar-refractivity contribution is 0.0439. The van der Waals surface area contributed by atoms with Gasteiger partial charge in [-0.25, -0.2) is 4.79 Å². The molecule has 0 spiro atoms. The summed E-state index contributed by atoms with van der Waals surface area (Å²) in [7, 11) is 0. The SMILES string of the molecule is C/C=C\C=C/CCCC/C=C/[C@@H]1[C@@H](CCCc2ccc(C(=O)OCCO)s2)CC[C@H]1O. The lowest BCUT2D eigenvalue weighted by Crippen LogP contribution is -2.16. The minimum atomic E-state index is -0.358. The number of allylic oxidation sites excluding steroid dienone is 5. The van der Waals surface area contributed by atoms with Gasteiger partial charge in [0.05, 0.1) is 12.7 Å². The Morgan fingerprint density at radius 1 is 1.16 bits per heavy atom. The van der Waals surface area contributed by atoms with Crippen molar-refractivity contribution in [2.45, 2.75) is 70.8 Å². The van der Waals surface area contributed by atoms with Crippen LogP contribution in [0.25, 0.3) is 0 Å². The molecule has 1 heterocycles. The molecular formula is C26H38O4S. The van der Waals surface area contributed by atoms with Crippen LogP contribution in [-0.2, 0) is 11.2 Å². The van der Waals surface area contributed by atoms with Crippen molar-refractivity contribution in [1.29, 1.82) is 0 Å². The summed E-state index contributed by atoms with van der Waals surface area (Å²) < 4.78 is 4.97. The predicted molar refractivity (Wildman–Crippen MR) is 128 cm³/mol. The molecule has 0 bridgehead atoms. The first-order valence-electron chi connectivity index (χ1n) is 11.6. The summed E-state index contributed by atoms with van der Waals surface area (Å²) in [6.07, 6.45) is 22.4. The number of ether oxygens (including phenoxy) is 1. The Labute approximate surface area is 191 Å². The molecular weight excluding hydrogens is 408 g/mol. The molecule has 2 rings (SSSR count). The van der Waals surface area contributed by atoms with E-state index in [9.17, 15) is 9.90 Å². The van der Waals surface area contributed by atoms with Crippen molar-refractivity contribution in [3.8, 4) is 0 Å². The average Bonchev–Trinajstić information content (AvgIpc) is 3.38. The zero-order valence-corrected chi connectivity index (χ0v) is 19.6. The second-order valence-corrected chi connectivity index (χ2v) is 9.33. The van der Waals surface area contributed by atoms with Crippen LogP contribution in [0.15, 0.2) is 48.6 Å². The maximum absolute atomic E-state index is 11.8. The topological polar surface area (TPSA) is 66.8 Å². The summed E-state index contributed by atoms with van der Waals surface area (Å²) in [5.74, 6) is 0.467. The number of aliphatic hydroxyl groups excluding tert-OH is 2. The van der Waals surface area contributed by atoms with E-state index in [1.165, 1.54) is 29.1 Å². The Morgan fingerprint density at radius 2 is 1.97 bits per heavy atom. The van der Waals surface area contributed by atoms with Crippen LogP contribution >= 0.6 is 11.3 Å². The van der Waals surface area contributed by atoms with E-state index in [1.807, 2.05) is 19.1 Å². The van der Waals surface area contributed by atoms with E-state index in [0.29, 0.717) is 10.8 Å². The van der Waals surface area contributed by atoms with E-state index >= 15 is 0 Å². The zero-order chi connectivity index (χ0) is 22.3. The molecule has 1 fully saturated rings. The van der Waals surface area contributed by atoms with Gasteiger partial charge >= 0.3 is 5.97 Å². The summed E-state index contributed by atoms with van der Waals surface area (Å²) >= 11 is 1.47. The minimum Gasteiger partial charge on any atom is -0.459 e. The van der Waals surface area contributed by atoms with Gasteiger partial charge in [-0.1, -0.05) is 36.5 Å². The maximum Gasteiger partial charge on any atom is 0.348 e. The van der Waals surface area contributed by atoms with E-state index in [1.54, 1.807) is 6.07 Å². The number of carbonyl (C=O) groups excluding carboxylic acids is 1. The van der Waals surface area contributed by atoms with Gasteiger partial charge in [-0.05, 0) is 82.8 Å². The Bertz CT molecular complexity index is 719. The Balaban J connectivity index is 1.69. The summed E-state index contributed by atoms with van der Waals surface area (Å²) in [5.41, 5.74) is 0. The molecule has 2 N–H and O–H groups in total. The van der Waals surface area contributed by atoms with Gasteiger partial charge in [0.2, 0.25) is 0 Å². The van der Waals surface area contributed by atoms with Crippen molar-refractivity contribution in [1.82, 2.24) is 0 Å². The van der Waals surface area contributed by atoms with Crippen molar-refractivity contribution in [2.75, 3.05) is 13.2 Å².